The highest BCUT2D eigenvalue weighted by atomic mass is 19.3. The zero-order valence-electron chi connectivity index (χ0n) is 27.6. The van der Waals surface area contributed by atoms with Crippen LogP contribution >= 0.6 is 0 Å². The summed E-state index contributed by atoms with van der Waals surface area (Å²) in [5.41, 5.74) is 1.55. The molecule has 2 aromatic rings. The lowest BCUT2D eigenvalue weighted by Gasteiger charge is -2.33. The second-order valence-corrected chi connectivity index (χ2v) is 14.2. The third-order valence-electron chi connectivity index (χ3n) is 10.8. The molecule has 2 saturated carbocycles. The Morgan fingerprint density at radius 2 is 1.23 bits per heavy atom. The Morgan fingerprint density at radius 1 is 0.681 bits per heavy atom. The van der Waals surface area contributed by atoms with Gasteiger partial charge in [-0.25, -0.2) is 17.6 Å². The summed E-state index contributed by atoms with van der Waals surface area (Å²) in [4.78, 5) is 0. The van der Waals surface area contributed by atoms with Gasteiger partial charge in [0, 0.05) is 23.6 Å². The standard InChI is InChI=1S/C38H50F6O3/c1-2-3-4-9-27-23-45-37(46-24-27)29-16-19-32(33(39)20-29)28-14-10-25(11-15-28)7-5-6-8-26-12-17-30(18-13-26)38(43,44)47-31-21-34(40)36(42)35(41)22-31/h16,19-22,25-28,30,37H,2-15,17-18,23-24H2,1H3. The molecular weight excluding hydrogens is 618 g/mol. The van der Waals surface area contributed by atoms with E-state index in [2.05, 4.69) is 11.7 Å². The van der Waals surface area contributed by atoms with E-state index in [-0.39, 0.29) is 24.6 Å². The predicted molar refractivity (Wildman–Crippen MR) is 169 cm³/mol. The Bertz CT molecular complexity index is 1240. The summed E-state index contributed by atoms with van der Waals surface area (Å²) in [6.45, 7) is 3.51. The van der Waals surface area contributed by atoms with Gasteiger partial charge in [-0.05, 0) is 87.2 Å². The van der Waals surface area contributed by atoms with Crippen molar-refractivity contribution in [2.24, 2.45) is 23.7 Å². The van der Waals surface area contributed by atoms with Gasteiger partial charge in [-0.1, -0.05) is 64.0 Å². The molecule has 0 spiro atoms. The van der Waals surface area contributed by atoms with Gasteiger partial charge in [0.2, 0.25) is 0 Å². The maximum absolute atomic E-state index is 15.2. The summed E-state index contributed by atoms with van der Waals surface area (Å²) >= 11 is 0. The second kappa shape index (κ2) is 16.9. The van der Waals surface area contributed by atoms with Crippen molar-refractivity contribution in [1.29, 1.82) is 0 Å². The number of rotatable bonds is 14. The van der Waals surface area contributed by atoms with Crippen LogP contribution in [0.2, 0.25) is 0 Å². The number of alkyl halides is 2. The molecule has 2 aromatic carbocycles. The van der Waals surface area contributed by atoms with Crippen molar-refractivity contribution in [3.8, 4) is 5.75 Å². The average Bonchev–Trinajstić information content (AvgIpc) is 3.06. The number of ether oxygens (including phenoxy) is 3. The molecule has 0 bridgehead atoms. The molecule has 0 unspecified atom stereocenters. The molecule has 3 aliphatic rings. The molecule has 0 atom stereocenters. The molecule has 1 saturated heterocycles. The lowest BCUT2D eigenvalue weighted by Crippen LogP contribution is -2.37. The topological polar surface area (TPSA) is 27.7 Å². The summed E-state index contributed by atoms with van der Waals surface area (Å²) in [5, 5.41) is 0. The fourth-order valence-corrected chi connectivity index (χ4v) is 7.85. The molecule has 47 heavy (non-hydrogen) atoms. The van der Waals surface area contributed by atoms with Crippen molar-refractivity contribution in [2.45, 2.75) is 128 Å². The number of hydrogen-bond acceptors (Lipinski definition) is 3. The van der Waals surface area contributed by atoms with Crippen molar-refractivity contribution in [2.75, 3.05) is 13.2 Å². The summed E-state index contributed by atoms with van der Waals surface area (Å²) in [7, 11) is 0. The third kappa shape index (κ3) is 9.90. The molecule has 3 nitrogen and oxygen atoms in total. The fraction of sp³-hybridized carbons (Fsp3) is 0.684. The van der Waals surface area contributed by atoms with Gasteiger partial charge in [0.15, 0.2) is 23.7 Å². The smallest absolute Gasteiger partial charge is 0.400 e. The lowest BCUT2D eigenvalue weighted by molar-refractivity contribution is -0.223. The summed E-state index contributed by atoms with van der Waals surface area (Å²) in [5.74, 6) is -5.09. The molecule has 0 radical (unpaired) electrons. The highest BCUT2D eigenvalue weighted by molar-refractivity contribution is 5.29. The van der Waals surface area contributed by atoms with E-state index in [1.165, 1.54) is 19.3 Å². The van der Waals surface area contributed by atoms with E-state index in [4.69, 9.17) is 9.47 Å². The molecule has 262 valence electrons. The SMILES string of the molecule is CCCCCC1COC(c2ccc(C3CCC(CCCCC4CCC(C(F)(F)Oc5cc(F)c(F)c(F)c5)CC4)CC3)c(F)c2)OC1. The predicted octanol–water partition coefficient (Wildman–Crippen LogP) is 11.8. The summed E-state index contributed by atoms with van der Waals surface area (Å²) < 4.78 is 101. The van der Waals surface area contributed by atoms with Crippen LogP contribution in [0, 0.1) is 46.9 Å². The van der Waals surface area contributed by atoms with Crippen LogP contribution in [0.15, 0.2) is 30.3 Å². The first kappa shape index (κ1) is 36.0. The largest absolute Gasteiger partial charge is 0.432 e. The Hall–Kier alpha value is -2.26. The lowest BCUT2D eigenvalue weighted by atomic mass is 9.76. The van der Waals surface area contributed by atoms with E-state index in [9.17, 15) is 22.0 Å². The van der Waals surface area contributed by atoms with Gasteiger partial charge in [-0.3, -0.25) is 0 Å². The quantitative estimate of drug-likeness (QED) is 0.114. The first-order valence-corrected chi connectivity index (χ1v) is 17.9. The Labute approximate surface area is 275 Å². The monoisotopic (exact) mass is 668 g/mol. The first-order valence-electron chi connectivity index (χ1n) is 17.9. The minimum Gasteiger partial charge on any atom is -0.432 e. The number of benzene rings is 2. The molecule has 1 aliphatic heterocycles. The molecule has 5 rings (SSSR count). The van der Waals surface area contributed by atoms with E-state index < -0.39 is 41.5 Å². The van der Waals surface area contributed by atoms with Crippen LogP contribution in [0.5, 0.6) is 5.75 Å². The molecule has 0 aromatic heterocycles. The van der Waals surface area contributed by atoms with Gasteiger partial charge in [-0.2, -0.15) is 8.78 Å². The van der Waals surface area contributed by atoms with Crippen LogP contribution in [0.4, 0.5) is 26.3 Å². The van der Waals surface area contributed by atoms with Gasteiger partial charge in [0.1, 0.15) is 11.6 Å². The normalized spacial score (nSPS) is 27.1. The van der Waals surface area contributed by atoms with Crippen LogP contribution in [-0.4, -0.2) is 19.3 Å². The van der Waals surface area contributed by atoms with E-state index in [0.717, 1.165) is 68.9 Å². The fourth-order valence-electron chi connectivity index (χ4n) is 7.85. The van der Waals surface area contributed by atoms with E-state index >= 15 is 4.39 Å². The molecule has 0 N–H and O–H groups in total. The van der Waals surface area contributed by atoms with Gasteiger partial charge in [-0.15, -0.1) is 0 Å². The third-order valence-corrected chi connectivity index (χ3v) is 10.8. The molecule has 0 amide bonds. The molecule has 3 fully saturated rings. The van der Waals surface area contributed by atoms with Crippen LogP contribution in [0.25, 0.3) is 0 Å². The van der Waals surface area contributed by atoms with Crippen molar-refractivity contribution < 1.29 is 40.6 Å². The highest BCUT2D eigenvalue weighted by Gasteiger charge is 2.44. The van der Waals surface area contributed by atoms with Crippen molar-refractivity contribution in [3.05, 3.63) is 64.7 Å². The minimum atomic E-state index is -3.58. The van der Waals surface area contributed by atoms with Crippen LogP contribution < -0.4 is 4.74 Å². The summed E-state index contributed by atoms with van der Waals surface area (Å²) in [6, 6.07) is 6.38. The second-order valence-electron chi connectivity index (χ2n) is 14.2. The van der Waals surface area contributed by atoms with Gasteiger partial charge in [0.25, 0.3) is 0 Å². The zero-order valence-corrected chi connectivity index (χ0v) is 27.6. The van der Waals surface area contributed by atoms with E-state index in [0.29, 0.717) is 55.9 Å². The van der Waals surface area contributed by atoms with Gasteiger partial charge in [0.05, 0.1) is 19.1 Å². The average molecular weight is 669 g/mol. The minimum absolute atomic E-state index is 0.166. The zero-order chi connectivity index (χ0) is 33.4. The van der Waals surface area contributed by atoms with Crippen LogP contribution in [0.3, 0.4) is 0 Å². The van der Waals surface area contributed by atoms with E-state index in [1.54, 1.807) is 6.07 Å². The van der Waals surface area contributed by atoms with E-state index in [1.807, 2.05) is 12.1 Å². The van der Waals surface area contributed by atoms with Crippen molar-refractivity contribution >= 4 is 0 Å². The van der Waals surface area contributed by atoms with Crippen molar-refractivity contribution in [1.82, 2.24) is 0 Å². The van der Waals surface area contributed by atoms with Gasteiger partial charge >= 0.3 is 6.11 Å². The number of halogens is 6. The Kier molecular flexibility index (Phi) is 13.0. The molecule has 1 heterocycles. The molecule has 9 heteroatoms. The first-order chi connectivity index (χ1) is 22.6. The van der Waals surface area contributed by atoms with Crippen molar-refractivity contribution in [3.63, 3.8) is 0 Å². The van der Waals surface area contributed by atoms with Crippen LogP contribution in [-0.2, 0) is 9.47 Å². The number of unbranched alkanes of at least 4 members (excludes halogenated alkanes) is 3. The summed E-state index contributed by atoms with van der Waals surface area (Å²) in [6.07, 6.45) is 10.9. The maximum atomic E-state index is 15.2. The Morgan fingerprint density at radius 3 is 1.81 bits per heavy atom. The van der Waals surface area contributed by atoms with Crippen LogP contribution in [0.1, 0.15) is 133 Å². The maximum Gasteiger partial charge on any atom is 0.400 e. The number of hydrogen-bond donors (Lipinski definition) is 0. The van der Waals surface area contributed by atoms with Gasteiger partial charge < -0.3 is 14.2 Å². The molecular formula is C38H50F6O3. The molecule has 2 aliphatic carbocycles. The Balaban J connectivity index is 0.964. The highest BCUT2D eigenvalue weighted by Crippen LogP contribution is 2.43.